The van der Waals surface area contributed by atoms with Crippen molar-refractivity contribution < 1.29 is 19.7 Å². The first-order valence-corrected chi connectivity index (χ1v) is 10.3. The maximum atomic E-state index is 11.3. The highest BCUT2D eigenvalue weighted by molar-refractivity contribution is 7.72. The summed E-state index contributed by atoms with van der Waals surface area (Å²) in [5.74, 6) is 0.0372. The summed E-state index contributed by atoms with van der Waals surface area (Å²) >= 11 is 0. The van der Waals surface area contributed by atoms with Gasteiger partial charge in [-0.15, -0.1) is 13.2 Å². The zero-order valence-corrected chi connectivity index (χ0v) is 14.2. The average Bonchev–Trinajstić information content (AvgIpc) is 2.59. The minimum absolute atomic E-state index is 0.278. The summed E-state index contributed by atoms with van der Waals surface area (Å²) in [6.45, 7) is 8.29. The molecular weight excluding hydrogens is 303 g/mol. The Morgan fingerprint density at radius 1 is 1.55 bits per heavy atom. The molecule has 2 aliphatic rings. The topological polar surface area (TPSA) is 82.0 Å². The number of carbonyl (C=O) groups is 1. The minimum Gasteiger partial charge on any atom is -0.387 e. The zero-order valence-electron chi connectivity index (χ0n) is 13.3. The molecule has 124 valence electrons. The van der Waals surface area contributed by atoms with Crippen molar-refractivity contribution >= 4 is 19.1 Å². The summed E-state index contributed by atoms with van der Waals surface area (Å²) in [5.41, 5.74) is -1.47. The summed E-state index contributed by atoms with van der Waals surface area (Å²) in [4.78, 5) is 12.8. The van der Waals surface area contributed by atoms with Crippen LogP contribution in [0.2, 0.25) is 0 Å². The van der Waals surface area contributed by atoms with E-state index in [1.807, 2.05) is 0 Å². The molecule has 4 atom stereocenters. The predicted molar refractivity (Wildman–Crippen MR) is 88.9 cm³/mol. The van der Waals surface area contributed by atoms with Crippen LogP contribution in [-0.4, -0.2) is 70.8 Å². The third-order valence-electron chi connectivity index (χ3n) is 3.99. The van der Waals surface area contributed by atoms with E-state index in [4.69, 9.17) is 4.74 Å². The molecule has 1 amide bonds. The number of hydrogen-bond donors (Lipinski definition) is 3. The van der Waals surface area contributed by atoms with Crippen LogP contribution in [0, 0.1) is 0 Å². The molecule has 0 unspecified atom stereocenters. The third-order valence-corrected chi connectivity index (χ3v) is 5.46. The van der Waals surface area contributed by atoms with Gasteiger partial charge in [0.2, 0.25) is 0 Å². The average molecular weight is 328 g/mol. The number of carbonyl (C=O) groups excluding carboxylic acids is 1. The molecule has 1 saturated heterocycles. The van der Waals surface area contributed by atoms with Crippen molar-refractivity contribution in [2.24, 2.45) is 0 Å². The molecule has 7 heteroatoms. The third kappa shape index (κ3) is 3.46. The molecule has 22 heavy (non-hydrogen) atoms. The van der Waals surface area contributed by atoms with Crippen LogP contribution in [-0.2, 0) is 9.53 Å². The number of nitrogens with zero attached hydrogens (tertiary/aromatic N) is 1. The lowest BCUT2D eigenvalue weighted by molar-refractivity contribution is -0.123. The minimum atomic E-state index is -1.47. The van der Waals surface area contributed by atoms with Gasteiger partial charge in [-0.2, -0.15) is 0 Å². The standard InChI is InChI=1S/C15H25N2O4P/c1-10-16-12(18)6-8-17(10)14-15(2,20)13(19)11(21-14)7-9-22(3,4)5/h6,8,11,13-14,19-20H,1,3,7,9H2,2,4-5H3,(H,16,18)/t11-,13-,14-,15+/m1/s1. The van der Waals surface area contributed by atoms with E-state index in [1.54, 1.807) is 0 Å². The predicted octanol–water partition coefficient (Wildman–Crippen LogP) is 0.339. The Labute approximate surface area is 131 Å². The Morgan fingerprint density at radius 3 is 2.73 bits per heavy atom. The van der Waals surface area contributed by atoms with Gasteiger partial charge in [-0.3, -0.25) is 4.79 Å². The second kappa shape index (κ2) is 5.85. The molecule has 0 aliphatic carbocycles. The van der Waals surface area contributed by atoms with E-state index in [-0.39, 0.29) is 5.91 Å². The van der Waals surface area contributed by atoms with Crippen molar-refractivity contribution in [1.82, 2.24) is 10.2 Å². The van der Waals surface area contributed by atoms with Crippen LogP contribution in [0.3, 0.4) is 0 Å². The van der Waals surface area contributed by atoms with Gasteiger partial charge in [0.15, 0.2) is 6.23 Å². The number of hydrogen-bond acceptors (Lipinski definition) is 5. The van der Waals surface area contributed by atoms with Crippen LogP contribution in [0.15, 0.2) is 24.7 Å². The molecule has 2 rings (SSSR count). The van der Waals surface area contributed by atoms with Crippen molar-refractivity contribution in [3.63, 3.8) is 0 Å². The second-order valence-electron chi connectivity index (χ2n) is 6.80. The first kappa shape index (κ1) is 17.3. The molecule has 3 N–H and O–H groups in total. The van der Waals surface area contributed by atoms with E-state index >= 15 is 0 Å². The second-order valence-corrected chi connectivity index (χ2v) is 11.1. The highest BCUT2D eigenvalue weighted by atomic mass is 31.2. The summed E-state index contributed by atoms with van der Waals surface area (Å²) in [5, 5.41) is 23.6. The van der Waals surface area contributed by atoms with E-state index in [0.29, 0.717) is 12.2 Å². The highest BCUT2D eigenvalue weighted by Gasteiger charge is 2.54. The molecule has 0 aromatic rings. The van der Waals surface area contributed by atoms with E-state index in [1.165, 1.54) is 24.1 Å². The van der Waals surface area contributed by atoms with Crippen LogP contribution < -0.4 is 5.32 Å². The molecular formula is C15H25N2O4P. The SMILES string of the molecule is C=C1NC(=O)C=CN1[C@@H]1O[C@H](CCP(=C)(C)C)[C@@H](O)[C@]1(C)O. The number of ether oxygens (including phenoxy) is 1. The van der Waals surface area contributed by atoms with Gasteiger partial charge >= 0.3 is 0 Å². The van der Waals surface area contributed by atoms with Crippen molar-refractivity contribution in [1.29, 1.82) is 0 Å². The molecule has 0 radical (unpaired) electrons. The van der Waals surface area contributed by atoms with Gasteiger partial charge < -0.3 is 25.2 Å². The number of nitrogens with one attached hydrogen (secondary N) is 1. The normalized spacial score (nSPS) is 35.9. The van der Waals surface area contributed by atoms with Crippen LogP contribution >= 0.6 is 6.89 Å². The largest absolute Gasteiger partial charge is 0.387 e. The molecule has 2 heterocycles. The van der Waals surface area contributed by atoms with E-state index in [2.05, 4.69) is 31.5 Å². The number of rotatable bonds is 4. The van der Waals surface area contributed by atoms with Crippen molar-refractivity contribution in [3.8, 4) is 0 Å². The Hall–Kier alpha value is -1.07. The first-order valence-electron chi connectivity index (χ1n) is 7.22. The van der Waals surface area contributed by atoms with E-state index < -0.39 is 30.9 Å². The Morgan fingerprint density at radius 2 is 2.18 bits per heavy atom. The zero-order chi connectivity index (χ0) is 16.7. The summed E-state index contributed by atoms with van der Waals surface area (Å²) in [7, 11) is 0. The van der Waals surface area contributed by atoms with Crippen molar-refractivity contribution in [2.45, 2.75) is 37.4 Å². The Bertz CT molecular complexity index is 552. The molecule has 1 fully saturated rings. The Kier molecular flexibility index (Phi) is 4.60. The first-order chi connectivity index (χ1) is 10.0. The molecule has 0 aromatic heterocycles. The summed E-state index contributed by atoms with van der Waals surface area (Å²) in [6.07, 6.45) is 6.20. The van der Waals surface area contributed by atoms with Crippen LogP contribution in [0.25, 0.3) is 0 Å². The lowest BCUT2D eigenvalue weighted by atomic mass is 9.95. The monoisotopic (exact) mass is 328 g/mol. The van der Waals surface area contributed by atoms with E-state index in [9.17, 15) is 15.0 Å². The van der Waals surface area contributed by atoms with E-state index in [0.717, 1.165) is 6.16 Å². The van der Waals surface area contributed by atoms with Crippen molar-refractivity contribution in [2.75, 3.05) is 19.5 Å². The molecule has 2 aliphatic heterocycles. The van der Waals surface area contributed by atoms with Crippen LogP contribution in [0.1, 0.15) is 13.3 Å². The highest BCUT2D eigenvalue weighted by Crippen LogP contribution is 2.41. The molecule has 0 spiro atoms. The fourth-order valence-corrected chi connectivity index (χ4v) is 3.61. The number of aliphatic hydroxyl groups is 2. The lowest BCUT2D eigenvalue weighted by Crippen LogP contribution is -2.53. The van der Waals surface area contributed by atoms with Gasteiger partial charge in [-0.1, -0.05) is 6.58 Å². The van der Waals surface area contributed by atoms with Gasteiger partial charge in [0.25, 0.3) is 5.91 Å². The Balaban J connectivity index is 2.16. The van der Waals surface area contributed by atoms with Crippen LogP contribution in [0.4, 0.5) is 0 Å². The maximum absolute atomic E-state index is 11.3. The van der Waals surface area contributed by atoms with Gasteiger partial charge in [-0.25, -0.2) is 0 Å². The molecule has 0 bridgehead atoms. The molecule has 0 saturated carbocycles. The van der Waals surface area contributed by atoms with Gasteiger partial charge in [0, 0.05) is 12.3 Å². The smallest absolute Gasteiger partial charge is 0.250 e. The maximum Gasteiger partial charge on any atom is 0.250 e. The number of amides is 1. The van der Waals surface area contributed by atoms with Crippen molar-refractivity contribution in [3.05, 3.63) is 24.7 Å². The summed E-state index contributed by atoms with van der Waals surface area (Å²) < 4.78 is 5.88. The van der Waals surface area contributed by atoms with Gasteiger partial charge in [0.05, 0.1) is 6.10 Å². The fourth-order valence-electron chi connectivity index (χ4n) is 2.66. The van der Waals surface area contributed by atoms with Gasteiger partial charge in [0.1, 0.15) is 17.5 Å². The fraction of sp³-hybridized carbons (Fsp3) is 0.600. The quantitative estimate of drug-likeness (QED) is 0.648. The number of aliphatic hydroxyl groups excluding tert-OH is 1. The molecule has 6 nitrogen and oxygen atoms in total. The van der Waals surface area contributed by atoms with Crippen LogP contribution in [0.5, 0.6) is 0 Å². The molecule has 0 aromatic carbocycles. The summed E-state index contributed by atoms with van der Waals surface area (Å²) in [6, 6.07) is 0. The van der Waals surface area contributed by atoms with Gasteiger partial charge in [-0.05, 0) is 32.8 Å². The lowest BCUT2D eigenvalue weighted by Gasteiger charge is -2.37.